The summed E-state index contributed by atoms with van der Waals surface area (Å²) in [5, 5.41) is 12.3. The first-order valence-electron chi connectivity index (χ1n) is 7.29. The topological polar surface area (TPSA) is 68.5 Å². The van der Waals surface area contributed by atoms with Gasteiger partial charge in [-0.2, -0.15) is 0 Å². The highest BCUT2D eigenvalue weighted by Gasteiger charge is 2.12. The smallest absolute Gasteiger partial charge is 0.230 e. The molecule has 0 bridgehead atoms. The van der Waals surface area contributed by atoms with Crippen LogP contribution in [0.1, 0.15) is 5.56 Å². The van der Waals surface area contributed by atoms with Crippen molar-refractivity contribution in [2.45, 2.75) is 11.7 Å². The average Bonchev–Trinajstić information content (AvgIpc) is 3.01. The predicted molar refractivity (Wildman–Crippen MR) is 98.6 cm³/mol. The molecular weight excluding hydrogens is 383 g/mol. The Bertz CT molecular complexity index is 916. The van der Waals surface area contributed by atoms with E-state index >= 15 is 0 Å². The molecule has 2 heterocycles. The largest absolute Gasteiger partial charge is 0.496 e. The van der Waals surface area contributed by atoms with Gasteiger partial charge in [0.05, 0.1) is 22.9 Å². The van der Waals surface area contributed by atoms with E-state index in [4.69, 9.17) is 27.9 Å². The Hall–Kier alpha value is -1.96. The van der Waals surface area contributed by atoms with Gasteiger partial charge in [-0.1, -0.05) is 53.2 Å². The highest BCUT2D eigenvalue weighted by molar-refractivity contribution is 7.99. The number of carbonyl (C=O) groups is 1. The number of nitrogens with zero attached hydrogens (tertiary/aromatic N) is 3. The van der Waals surface area contributed by atoms with Gasteiger partial charge in [0, 0.05) is 18.3 Å². The molecule has 0 aliphatic rings. The van der Waals surface area contributed by atoms with Gasteiger partial charge in [-0.3, -0.25) is 9.20 Å². The third-order valence-corrected chi connectivity index (χ3v) is 4.82. The van der Waals surface area contributed by atoms with E-state index in [1.54, 1.807) is 23.8 Å². The molecule has 0 unspecified atom stereocenters. The fourth-order valence-electron chi connectivity index (χ4n) is 2.22. The van der Waals surface area contributed by atoms with Gasteiger partial charge >= 0.3 is 0 Å². The zero-order valence-corrected chi connectivity index (χ0v) is 15.5. The normalized spacial score (nSPS) is 10.8. The number of nitrogens with one attached hydrogen (secondary N) is 1. The Labute approximate surface area is 158 Å². The summed E-state index contributed by atoms with van der Waals surface area (Å²) in [5.74, 6) is 0.809. The van der Waals surface area contributed by atoms with Crippen LogP contribution in [0.3, 0.4) is 0 Å². The number of rotatable bonds is 6. The highest BCUT2D eigenvalue weighted by atomic mass is 35.5. The number of amides is 1. The summed E-state index contributed by atoms with van der Waals surface area (Å²) in [7, 11) is 1.60. The fourth-order valence-corrected chi connectivity index (χ4v) is 3.47. The van der Waals surface area contributed by atoms with E-state index in [9.17, 15) is 4.79 Å². The van der Waals surface area contributed by atoms with Crippen LogP contribution in [0.2, 0.25) is 10.0 Å². The van der Waals surface area contributed by atoms with Crippen molar-refractivity contribution in [3.63, 3.8) is 0 Å². The molecule has 0 atom stereocenters. The molecule has 0 fully saturated rings. The third-order valence-electron chi connectivity index (χ3n) is 3.40. The maximum Gasteiger partial charge on any atom is 0.230 e. The van der Waals surface area contributed by atoms with E-state index in [0.29, 0.717) is 27.4 Å². The van der Waals surface area contributed by atoms with Crippen LogP contribution in [0.15, 0.2) is 41.7 Å². The van der Waals surface area contributed by atoms with Gasteiger partial charge in [-0.05, 0) is 12.1 Å². The lowest BCUT2D eigenvalue weighted by Crippen LogP contribution is -2.24. The van der Waals surface area contributed by atoms with E-state index in [-0.39, 0.29) is 11.7 Å². The minimum absolute atomic E-state index is 0.124. The number of halogens is 2. The van der Waals surface area contributed by atoms with Gasteiger partial charge in [-0.15, -0.1) is 10.2 Å². The standard InChI is InChI=1S/C16H14Cl2N4O2S/c1-24-13-5-3-2-4-10(13)7-19-14(23)9-25-16-21-20-15-12(18)6-11(17)8-22(15)16/h2-6,8H,7,9H2,1H3,(H,19,23). The molecule has 1 aromatic carbocycles. The van der Waals surface area contributed by atoms with Crippen LogP contribution in [-0.4, -0.2) is 33.4 Å². The monoisotopic (exact) mass is 396 g/mol. The Balaban J connectivity index is 1.61. The SMILES string of the molecule is COc1ccccc1CNC(=O)CSc1nnc2c(Cl)cc(Cl)cn12. The minimum Gasteiger partial charge on any atom is -0.496 e. The number of methoxy groups -OCH3 is 1. The zero-order chi connectivity index (χ0) is 17.8. The van der Waals surface area contributed by atoms with Gasteiger partial charge in [0.2, 0.25) is 5.91 Å². The predicted octanol–water partition coefficient (Wildman–Crippen LogP) is 3.45. The molecule has 3 rings (SSSR count). The Kier molecular flexibility index (Phi) is 5.67. The van der Waals surface area contributed by atoms with Crippen molar-refractivity contribution in [3.8, 4) is 5.75 Å². The number of pyridine rings is 1. The molecule has 1 N–H and O–H groups in total. The van der Waals surface area contributed by atoms with Crippen molar-refractivity contribution >= 4 is 46.5 Å². The van der Waals surface area contributed by atoms with Gasteiger partial charge in [0.1, 0.15) is 5.75 Å². The second kappa shape index (κ2) is 7.95. The van der Waals surface area contributed by atoms with Crippen LogP contribution in [0, 0.1) is 0 Å². The van der Waals surface area contributed by atoms with Crippen molar-refractivity contribution in [1.82, 2.24) is 19.9 Å². The van der Waals surface area contributed by atoms with Crippen molar-refractivity contribution < 1.29 is 9.53 Å². The van der Waals surface area contributed by atoms with E-state index in [2.05, 4.69) is 15.5 Å². The molecule has 0 saturated carbocycles. The Morgan fingerprint density at radius 3 is 2.92 bits per heavy atom. The lowest BCUT2D eigenvalue weighted by Gasteiger charge is -2.09. The molecule has 130 valence electrons. The van der Waals surface area contributed by atoms with Crippen molar-refractivity contribution in [2.24, 2.45) is 0 Å². The summed E-state index contributed by atoms with van der Waals surface area (Å²) in [6.07, 6.45) is 1.66. The van der Waals surface area contributed by atoms with E-state index < -0.39 is 0 Å². The van der Waals surface area contributed by atoms with E-state index in [0.717, 1.165) is 11.3 Å². The molecule has 2 aromatic heterocycles. The number of para-hydroxylation sites is 1. The van der Waals surface area contributed by atoms with Gasteiger partial charge in [-0.25, -0.2) is 0 Å². The number of hydrogen-bond acceptors (Lipinski definition) is 5. The quantitative estimate of drug-likeness (QED) is 0.646. The van der Waals surface area contributed by atoms with Crippen LogP contribution < -0.4 is 10.1 Å². The molecule has 0 radical (unpaired) electrons. The number of thioether (sulfide) groups is 1. The highest BCUT2D eigenvalue weighted by Crippen LogP contribution is 2.25. The van der Waals surface area contributed by atoms with Crippen LogP contribution in [0.4, 0.5) is 0 Å². The molecule has 0 aliphatic carbocycles. The van der Waals surface area contributed by atoms with Crippen molar-refractivity contribution in [1.29, 1.82) is 0 Å². The zero-order valence-electron chi connectivity index (χ0n) is 13.2. The van der Waals surface area contributed by atoms with Crippen molar-refractivity contribution in [2.75, 3.05) is 12.9 Å². The maximum atomic E-state index is 12.1. The van der Waals surface area contributed by atoms with Crippen LogP contribution in [0.5, 0.6) is 5.75 Å². The van der Waals surface area contributed by atoms with Crippen LogP contribution in [0.25, 0.3) is 5.65 Å². The third kappa shape index (κ3) is 4.18. The lowest BCUT2D eigenvalue weighted by molar-refractivity contribution is -0.118. The number of aromatic nitrogens is 3. The maximum absolute atomic E-state index is 12.1. The fraction of sp³-hybridized carbons (Fsp3) is 0.188. The molecule has 0 saturated heterocycles. The van der Waals surface area contributed by atoms with Gasteiger partial charge < -0.3 is 10.1 Å². The molecular formula is C16H14Cl2N4O2S. The summed E-state index contributed by atoms with van der Waals surface area (Å²) in [6, 6.07) is 9.14. The Morgan fingerprint density at radius 2 is 2.12 bits per heavy atom. The molecule has 1 amide bonds. The summed E-state index contributed by atoms with van der Waals surface area (Å²) < 4.78 is 6.93. The number of carbonyl (C=O) groups excluding carboxylic acids is 1. The summed E-state index contributed by atoms with van der Waals surface area (Å²) in [6.45, 7) is 0.391. The second-order valence-corrected chi connectivity index (χ2v) is 6.85. The van der Waals surface area contributed by atoms with Crippen LogP contribution in [-0.2, 0) is 11.3 Å². The molecule has 3 aromatic rings. The molecule has 25 heavy (non-hydrogen) atoms. The van der Waals surface area contributed by atoms with Crippen LogP contribution >= 0.6 is 35.0 Å². The van der Waals surface area contributed by atoms with Crippen molar-refractivity contribution in [3.05, 3.63) is 52.1 Å². The van der Waals surface area contributed by atoms with Gasteiger partial charge in [0.25, 0.3) is 0 Å². The van der Waals surface area contributed by atoms with E-state index in [1.807, 2.05) is 24.3 Å². The number of benzene rings is 1. The number of hydrogen-bond donors (Lipinski definition) is 1. The summed E-state index contributed by atoms with van der Waals surface area (Å²) >= 11 is 13.3. The summed E-state index contributed by atoms with van der Waals surface area (Å²) in [4.78, 5) is 12.1. The second-order valence-electron chi connectivity index (χ2n) is 5.06. The van der Waals surface area contributed by atoms with E-state index in [1.165, 1.54) is 11.8 Å². The van der Waals surface area contributed by atoms with Gasteiger partial charge in [0.15, 0.2) is 10.8 Å². The molecule has 0 spiro atoms. The first kappa shape index (κ1) is 17.8. The molecule has 0 aliphatic heterocycles. The molecule has 6 nitrogen and oxygen atoms in total. The first-order valence-corrected chi connectivity index (χ1v) is 9.04. The summed E-state index contributed by atoms with van der Waals surface area (Å²) in [5.41, 5.74) is 1.41. The first-order chi connectivity index (χ1) is 12.1. The lowest BCUT2D eigenvalue weighted by atomic mass is 10.2. The number of ether oxygens (including phenoxy) is 1. The minimum atomic E-state index is -0.124. The average molecular weight is 397 g/mol. The Morgan fingerprint density at radius 1 is 1.32 bits per heavy atom. The molecule has 9 heteroatoms. The number of fused-ring (bicyclic) bond motifs is 1.